The molecule has 0 radical (unpaired) electrons. The van der Waals surface area contributed by atoms with E-state index in [2.05, 4.69) is 59.4 Å². The summed E-state index contributed by atoms with van der Waals surface area (Å²) in [6, 6.07) is 16.7. The zero-order chi connectivity index (χ0) is 22.6. The van der Waals surface area contributed by atoms with Crippen molar-refractivity contribution in [1.29, 1.82) is 0 Å². The lowest BCUT2D eigenvalue weighted by molar-refractivity contribution is 0.203. The molecule has 7 heteroatoms. The number of rotatable bonds is 10. The van der Waals surface area contributed by atoms with Gasteiger partial charge in [0.05, 0.1) is 6.54 Å². The van der Waals surface area contributed by atoms with E-state index in [0.29, 0.717) is 32.2 Å². The maximum atomic E-state index is 9.33. The van der Waals surface area contributed by atoms with Crippen LogP contribution in [0.25, 0.3) is 0 Å². The molecule has 1 aliphatic heterocycles. The Balaban J connectivity index is 0.00000385. The summed E-state index contributed by atoms with van der Waals surface area (Å²) in [7, 11) is 0. The summed E-state index contributed by atoms with van der Waals surface area (Å²) in [5.41, 5.74) is 3.50. The standard InChI is InChI=1S/C26H36N4O2.HI/c1-3-17-32-25-8-6-5-7-23(25)19-29-26(27-4-2)28-18-21-9-11-24(12-10-21)30-15-13-22(20-31)14-16-30;/h3,5-12,22,31H,1,4,13-20H2,2H3,(H2,27,28,29);1H. The number of hydrogen-bond donors (Lipinski definition) is 3. The second-order valence-electron chi connectivity index (χ2n) is 8.04. The Morgan fingerprint density at radius 2 is 1.88 bits per heavy atom. The molecule has 2 aromatic rings. The fraction of sp³-hybridized carbons (Fsp3) is 0.423. The summed E-state index contributed by atoms with van der Waals surface area (Å²) in [6.45, 7) is 10.6. The summed E-state index contributed by atoms with van der Waals surface area (Å²) in [4.78, 5) is 7.15. The third kappa shape index (κ3) is 8.55. The Morgan fingerprint density at radius 3 is 2.55 bits per heavy atom. The number of para-hydroxylation sites is 1. The van der Waals surface area contributed by atoms with Gasteiger partial charge < -0.3 is 25.4 Å². The Labute approximate surface area is 215 Å². The fourth-order valence-corrected chi connectivity index (χ4v) is 3.82. The maximum absolute atomic E-state index is 9.33. The highest BCUT2D eigenvalue weighted by molar-refractivity contribution is 14.0. The number of aliphatic imine (C=N–C) groups is 1. The predicted octanol–water partition coefficient (Wildman–Crippen LogP) is 4.33. The number of nitrogens with zero attached hydrogens (tertiary/aromatic N) is 2. The second-order valence-corrected chi connectivity index (χ2v) is 8.04. The molecule has 1 fully saturated rings. The fourth-order valence-electron chi connectivity index (χ4n) is 3.82. The average Bonchev–Trinajstić information content (AvgIpc) is 2.85. The van der Waals surface area contributed by atoms with Crippen molar-refractivity contribution >= 4 is 35.6 Å². The summed E-state index contributed by atoms with van der Waals surface area (Å²) in [5.74, 6) is 2.09. The van der Waals surface area contributed by atoms with Gasteiger partial charge in [-0.3, -0.25) is 0 Å². The van der Waals surface area contributed by atoms with Crippen LogP contribution < -0.4 is 20.3 Å². The lowest BCUT2D eigenvalue weighted by Crippen LogP contribution is -2.36. The first-order valence-electron chi connectivity index (χ1n) is 11.5. The molecule has 0 bridgehead atoms. The number of aliphatic hydroxyl groups excluding tert-OH is 1. The van der Waals surface area contributed by atoms with Crippen LogP contribution in [0.15, 0.2) is 66.2 Å². The Hall–Kier alpha value is -2.26. The van der Waals surface area contributed by atoms with E-state index in [1.165, 1.54) is 11.3 Å². The molecule has 1 saturated heterocycles. The van der Waals surface area contributed by atoms with E-state index in [1.54, 1.807) is 6.08 Å². The van der Waals surface area contributed by atoms with Crippen LogP contribution in [-0.2, 0) is 13.1 Å². The molecular weight excluding hydrogens is 527 g/mol. The highest BCUT2D eigenvalue weighted by Gasteiger charge is 2.18. The monoisotopic (exact) mass is 564 g/mol. The van der Waals surface area contributed by atoms with Crippen molar-refractivity contribution in [3.8, 4) is 5.75 Å². The molecule has 3 N–H and O–H groups in total. The van der Waals surface area contributed by atoms with Crippen LogP contribution in [-0.4, -0.2) is 43.9 Å². The molecular formula is C26H37IN4O2. The van der Waals surface area contributed by atoms with Crippen LogP contribution in [0.2, 0.25) is 0 Å². The third-order valence-corrected chi connectivity index (χ3v) is 5.71. The highest BCUT2D eigenvalue weighted by Crippen LogP contribution is 2.23. The van der Waals surface area contributed by atoms with Crippen molar-refractivity contribution in [2.75, 3.05) is 37.7 Å². The lowest BCUT2D eigenvalue weighted by Gasteiger charge is -2.32. The molecule has 1 heterocycles. The predicted molar refractivity (Wildman–Crippen MR) is 148 cm³/mol. The average molecular weight is 565 g/mol. The van der Waals surface area contributed by atoms with E-state index in [0.717, 1.165) is 49.7 Å². The molecule has 180 valence electrons. The Kier molecular flexibility index (Phi) is 12.1. The number of halogens is 1. The normalized spacial score (nSPS) is 14.4. The zero-order valence-corrected chi connectivity index (χ0v) is 21.8. The summed E-state index contributed by atoms with van der Waals surface area (Å²) in [6.07, 6.45) is 3.86. The molecule has 2 aromatic carbocycles. The number of piperidine rings is 1. The van der Waals surface area contributed by atoms with Crippen molar-refractivity contribution in [2.24, 2.45) is 10.9 Å². The SMILES string of the molecule is C=CCOc1ccccc1CNC(=NCc1ccc(N2CCC(CO)CC2)cc1)NCC.I. The van der Waals surface area contributed by atoms with E-state index in [4.69, 9.17) is 9.73 Å². The van der Waals surface area contributed by atoms with Crippen LogP contribution in [0.1, 0.15) is 30.9 Å². The molecule has 0 spiro atoms. The quantitative estimate of drug-likeness (QED) is 0.174. The number of nitrogens with one attached hydrogen (secondary N) is 2. The molecule has 0 saturated carbocycles. The van der Waals surface area contributed by atoms with Gasteiger partial charge in [-0.25, -0.2) is 4.99 Å². The molecule has 0 amide bonds. The molecule has 0 atom stereocenters. The number of hydrogen-bond acceptors (Lipinski definition) is 4. The Bertz CT molecular complexity index is 865. The minimum Gasteiger partial charge on any atom is -0.489 e. The van der Waals surface area contributed by atoms with Crippen molar-refractivity contribution in [3.05, 3.63) is 72.3 Å². The highest BCUT2D eigenvalue weighted by atomic mass is 127. The molecule has 33 heavy (non-hydrogen) atoms. The number of benzene rings is 2. The van der Waals surface area contributed by atoms with Crippen LogP contribution in [0, 0.1) is 5.92 Å². The van der Waals surface area contributed by atoms with Gasteiger partial charge in [0.15, 0.2) is 5.96 Å². The van der Waals surface area contributed by atoms with Crippen LogP contribution >= 0.6 is 24.0 Å². The minimum absolute atomic E-state index is 0. The summed E-state index contributed by atoms with van der Waals surface area (Å²) in [5, 5.41) is 16.0. The van der Waals surface area contributed by atoms with E-state index in [-0.39, 0.29) is 24.0 Å². The van der Waals surface area contributed by atoms with Gasteiger partial charge in [-0.05, 0) is 49.4 Å². The molecule has 0 aliphatic carbocycles. The topological polar surface area (TPSA) is 69.1 Å². The van der Waals surface area contributed by atoms with Gasteiger partial charge >= 0.3 is 0 Å². The largest absolute Gasteiger partial charge is 0.489 e. The minimum atomic E-state index is 0. The van der Waals surface area contributed by atoms with Crippen molar-refractivity contribution in [2.45, 2.75) is 32.9 Å². The number of ether oxygens (including phenoxy) is 1. The van der Waals surface area contributed by atoms with Crippen LogP contribution in [0.4, 0.5) is 5.69 Å². The second kappa shape index (κ2) is 14.8. The first-order chi connectivity index (χ1) is 15.7. The van der Waals surface area contributed by atoms with Gasteiger partial charge in [0, 0.05) is 44.0 Å². The van der Waals surface area contributed by atoms with Crippen LogP contribution in [0.3, 0.4) is 0 Å². The van der Waals surface area contributed by atoms with Crippen LogP contribution in [0.5, 0.6) is 5.75 Å². The smallest absolute Gasteiger partial charge is 0.191 e. The molecule has 0 aromatic heterocycles. The molecule has 6 nitrogen and oxygen atoms in total. The maximum Gasteiger partial charge on any atom is 0.191 e. The zero-order valence-electron chi connectivity index (χ0n) is 19.5. The van der Waals surface area contributed by atoms with Gasteiger partial charge in [0.25, 0.3) is 0 Å². The molecule has 3 rings (SSSR count). The summed E-state index contributed by atoms with van der Waals surface area (Å²) < 4.78 is 5.75. The summed E-state index contributed by atoms with van der Waals surface area (Å²) >= 11 is 0. The Morgan fingerprint density at radius 1 is 1.15 bits per heavy atom. The molecule has 1 aliphatic rings. The number of aliphatic hydroxyl groups is 1. The van der Waals surface area contributed by atoms with Gasteiger partial charge in [0.1, 0.15) is 12.4 Å². The van der Waals surface area contributed by atoms with Gasteiger partial charge in [-0.1, -0.05) is 43.0 Å². The first kappa shape index (κ1) is 27.0. The van der Waals surface area contributed by atoms with E-state index < -0.39 is 0 Å². The first-order valence-corrected chi connectivity index (χ1v) is 11.5. The van der Waals surface area contributed by atoms with Crippen molar-refractivity contribution < 1.29 is 9.84 Å². The number of anilines is 1. The van der Waals surface area contributed by atoms with Gasteiger partial charge in [-0.2, -0.15) is 0 Å². The third-order valence-electron chi connectivity index (χ3n) is 5.71. The van der Waals surface area contributed by atoms with Gasteiger partial charge in [0.2, 0.25) is 0 Å². The van der Waals surface area contributed by atoms with E-state index >= 15 is 0 Å². The van der Waals surface area contributed by atoms with E-state index in [1.807, 2.05) is 18.2 Å². The van der Waals surface area contributed by atoms with Crippen molar-refractivity contribution in [3.63, 3.8) is 0 Å². The van der Waals surface area contributed by atoms with Crippen molar-refractivity contribution in [1.82, 2.24) is 10.6 Å². The van der Waals surface area contributed by atoms with E-state index in [9.17, 15) is 5.11 Å². The van der Waals surface area contributed by atoms with Gasteiger partial charge in [-0.15, -0.1) is 24.0 Å². The molecule has 0 unspecified atom stereocenters. The lowest BCUT2D eigenvalue weighted by atomic mass is 9.97. The number of guanidine groups is 1.